The van der Waals surface area contributed by atoms with Crippen molar-refractivity contribution in [3.05, 3.63) is 42.0 Å². The fourth-order valence-electron chi connectivity index (χ4n) is 4.46. The van der Waals surface area contributed by atoms with Gasteiger partial charge in [-0.2, -0.15) is 0 Å². The van der Waals surface area contributed by atoms with E-state index in [0.717, 1.165) is 43.7 Å². The lowest BCUT2D eigenvalue weighted by molar-refractivity contribution is -0.131. The van der Waals surface area contributed by atoms with Crippen LogP contribution in [0.25, 0.3) is 0 Å². The Labute approximate surface area is 174 Å². The van der Waals surface area contributed by atoms with Crippen LogP contribution in [0.3, 0.4) is 0 Å². The van der Waals surface area contributed by atoms with Crippen LogP contribution in [-0.2, 0) is 23.9 Å². The van der Waals surface area contributed by atoms with Gasteiger partial charge in [-0.15, -0.1) is 0 Å². The minimum atomic E-state index is -1.01. The van der Waals surface area contributed by atoms with Gasteiger partial charge in [-0.25, -0.2) is 0 Å². The maximum atomic E-state index is 12.9. The quantitative estimate of drug-likeness (QED) is 0.756. The van der Waals surface area contributed by atoms with Crippen molar-refractivity contribution in [2.24, 2.45) is 5.16 Å². The number of fused-ring (bicyclic) bond motifs is 2. The second kappa shape index (κ2) is 7.52. The first kappa shape index (κ1) is 19.3. The number of carbonyl (C=O) groups excluding carboxylic acids is 2. The molecule has 1 spiro atoms. The summed E-state index contributed by atoms with van der Waals surface area (Å²) < 4.78 is 17.3. The van der Waals surface area contributed by atoms with Gasteiger partial charge in [0.25, 0.3) is 5.91 Å². The van der Waals surface area contributed by atoms with Gasteiger partial charge >= 0.3 is 0 Å². The van der Waals surface area contributed by atoms with Crippen molar-refractivity contribution in [1.82, 2.24) is 4.90 Å². The number of ether oxygens (including phenoxy) is 3. The third-order valence-electron chi connectivity index (χ3n) is 6.15. The molecule has 1 aromatic rings. The van der Waals surface area contributed by atoms with Gasteiger partial charge in [0.1, 0.15) is 17.6 Å². The Bertz CT molecular complexity index is 905. The molecule has 158 valence electrons. The number of ketones is 1. The summed E-state index contributed by atoms with van der Waals surface area (Å²) in [5.74, 6) is 0.442. The largest absolute Gasteiger partial charge is 0.497 e. The van der Waals surface area contributed by atoms with Crippen LogP contribution in [-0.4, -0.2) is 60.3 Å². The molecule has 0 radical (unpaired) electrons. The average Bonchev–Trinajstić information content (AvgIpc) is 3.43. The molecule has 30 heavy (non-hydrogen) atoms. The van der Waals surface area contributed by atoms with Gasteiger partial charge < -0.3 is 23.9 Å². The van der Waals surface area contributed by atoms with Gasteiger partial charge in [-0.05, 0) is 43.5 Å². The molecule has 2 saturated heterocycles. The van der Waals surface area contributed by atoms with Crippen molar-refractivity contribution in [2.45, 2.75) is 49.8 Å². The van der Waals surface area contributed by atoms with E-state index in [1.54, 1.807) is 13.2 Å². The van der Waals surface area contributed by atoms with Crippen LogP contribution in [0.2, 0.25) is 0 Å². The van der Waals surface area contributed by atoms with Crippen LogP contribution in [0.1, 0.15) is 37.5 Å². The van der Waals surface area contributed by atoms with Gasteiger partial charge in [0, 0.05) is 25.1 Å². The van der Waals surface area contributed by atoms with E-state index in [-0.39, 0.29) is 18.1 Å². The molecular formula is C22H24N2O6. The molecule has 1 amide bonds. The van der Waals surface area contributed by atoms with Crippen LogP contribution in [0.5, 0.6) is 5.75 Å². The minimum Gasteiger partial charge on any atom is -0.497 e. The summed E-state index contributed by atoms with van der Waals surface area (Å²) in [5, 5.41) is 4.10. The van der Waals surface area contributed by atoms with Crippen LogP contribution in [0, 0.1) is 0 Å². The van der Waals surface area contributed by atoms with E-state index in [4.69, 9.17) is 19.0 Å². The van der Waals surface area contributed by atoms with E-state index in [1.807, 2.05) is 29.2 Å². The van der Waals surface area contributed by atoms with E-state index in [1.165, 1.54) is 6.08 Å². The maximum absolute atomic E-state index is 12.9. The Morgan fingerprint density at radius 3 is 2.67 bits per heavy atom. The first-order valence-electron chi connectivity index (χ1n) is 10.3. The Morgan fingerprint density at radius 1 is 1.17 bits per heavy atom. The van der Waals surface area contributed by atoms with Crippen LogP contribution < -0.4 is 4.74 Å². The summed E-state index contributed by atoms with van der Waals surface area (Å²) in [4.78, 5) is 32.9. The lowest BCUT2D eigenvalue weighted by Crippen LogP contribution is -2.52. The highest BCUT2D eigenvalue weighted by molar-refractivity contribution is 6.39. The van der Waals surface area contributed by atoms with Crippen molar-refractivity contribution in [1.29, 1.82) is 0 Å². The summed E-state index contributed by atoms with van der Waals surface area (Å²) in [6.45, 7) is 1.48. The van der Waals surface area contributed by atoms with Crippen LogP contribution >= 0.6 is 0 Å². The van der Waals surface area contributed by atoms with E-state index >= 15 is 0 Å². The van der Waals surface area contributed by atoms with Gasteiger partial charge in [0.15, 0.2) is 23.8 Å². The van der Waals surface area contributed by atoms with Crippen molar-refractivity contribution in [3.8, 4) is 5.75 Å². The minimum absolute atomic E-state index is 0.0981. The topological polar surface area (TPSA) is 86.7 Å². The van der Waals surface area contributed by atoms with Gasteiger partial charge in [-0.3, -0.25) is 9.59 Å². The molecule has 0 saturated carbocycles. The summed E-state index contributed by atoms with van der Waals surface area (Å²) >= 11 is 0. The Morgan fingerprint density at radius 2 is 1.93 bits per heavy atom. The summed E-state index contributed by atoms with van der Waals surface area (Å²) in [6, 6.07) is 7.29. The molecule has 0 bridgehead atoms. The zero-order valence-electron chi connectivity index (χ0n) is 16.8. The van der Waals surface area contributed by atoms with E-state index in [2.05, 4.69) is 5.16 Å². The molecule has 0 N–H and O–H groups in total. The number of methoxy groups -OCH3 is 1. The van der Waals surface area contributed by atoms with Gasteiger partial charge in [0.2, 0.25) is 0 Å². The Balaban J connectivity index is 1.34. The highest BCUT2D eigenvalue weighted by Gasteiger charge is 2.59. The number of hydrogen-bond donors (Lipinski definition) is 0. The molecular weight excluding hydrogens is 388 g/mol. The standard InChI is InChI=1S/C22H24N2O6/c1-27-15-7-5-14(6-8-15)21-28-18-17(25)9-10-22(19(18)29-21)13-16(23-30-22)20(26)24-11-3-2-4-12-24/h5-10,18-19,21H,2-4,11-13H2,1H3/t18-,19-,21?,22+/m0/s1. The maximum Gasteiger partial charge on any atom is 0.271 e. The zero-order chi connectivity index (χ0) is 20.7. The lowest BCUT2D eigenvalue weighted by Gasteiger charge is -2.33. The fraction of sp³-hybridized carbons (Fsp3) is 0.500. The smallest absolute Gasteiger partial charge is 0.271 e. The number of likely N-dealkylation sites (tertiary alicyclic amines) is 1. The number of benzene rings is 1. The number of amides is 1. The molecule has 1 aliphatic carbocycles. The predicted octanol–water partition coefficient (Wildman–Crippen LogP) is 2.14. The average molecular weight is 412 g/mol. The van der Waals surface area contributed by atoms with Crippen molar-refractivity contribution in [2.75, 3.05) is 20.2 Å². The van der Waals surface area contributed by atoms with Crippen molar-refractivity contribution >= 4 is 17.4 Å². The van der Waals surface area contributed by atoms with E-state index in [0.29, 0.717) is 5.71 Å². The zero-order valence-corrected chi connectivity index (χ0v) is 16.8. The Kier molecular flexibility index (Phi) is 4.83. The molecule has 1 aromatic carbocycles. The highest BCUT2D eigenvalue weighted by Crippen LogP contribution is 2.44. The normalized spacial score (nSPS) is 32.7. The number of hydrogen-bond acceptors (Lipinski definition) is 7. The van der Waals surface area contributed by atoms with Crippen molar-refractivity contribution < 1.29 is 28.6 Å². The van der Waals surface area contributed by atoms with Gasteiger partial charge in [-0.1, -0.05) is 17.3 Å². The lowest BCUT2D eigenvalue weighted by atomic mass is 9.82. The number of oxime groups is 1. The molecule has 5 rings (SSSR count). The number of rotatable bonds is 3. The second-order valence-corrected chi connectivity index (χ2v) is 8.07. The number of carbonyl (C=O) groups is 2. The SMILES string of the molecule is COc1ccc(C2O[C@H]3C(=O)C=C[C@@]4(CC(C(=O)N5CCCCC5)=NO4)[C@H]3O2)cc1. The third kappa shape index (κ3) is 3.20. The van der Waals surface area contributed by atoms with E-state index in [9.17, 15) is 9.59 Å². The first-order valence-corrected chi connectivity index (χ1v) is 10.3. The molecule has 4 aliphatic rings. The monoisotopic (exact) mass is 412 g/mol. The second-order valence-electron chi connectivity index (χ2n) is 8.07. The summed E-state index contributed by atoms with van der Waals surface area (Å²) in [7, 11) is 1.60. The first-order chi connectivity index (χ1) is 14.6. The molecule has 3 heterocycles. The number of piperidine rings is 1. The molecule has 8 heteroatoms. The van der Waals surface area contributed by atoms with Crippen LogP contribution in [0.15, 0.2) is 41.6 Å². The molecule has 3 aliphatic heterocycles. The Hall–Kier alpha value is -2.71. The van der Waals surface area contributed by atoms with Crippen LogP contribution in [0.4, 0.5) is 0 Å². The summed E-state index contributed by atoms with van der Waals surface area (Å²) in [6.07, 6.45) is 4.32. The molecule has 1 unspecified atom stereocenters. The highest BCUT2D eigenvalue weighted by atomic mass is 16.8. The van der Waals surface area contributed by atoms with Crippen molar-refractivity contribution in [3.63, 3.8) is 0 Å². The molecule has 2 fully saturated rings. The van der Waals surface area contributed by atoms with Gasteiger partial charge in [0.05, 0.1) is 7.11 Å². The van der Waals surface area contributed by atoms with E-state index < -0.39 is 24.1 Å². The molecule has 0 aromatic heterocycles. The summed E-state index contributed by atoms with van der Waals surface area (Å²) in [5.41, 5.74) is 0.128. The molecule has 4 atom stereocenters. The predicted molar refractivity (Wildman–Crippen MR) is 106 cm³/mol. The fourth-order valence-corrected chi connectivity index (χ4v) is 4.46. The number of nitrogens with zero attached hydrogens (tertiary/aromatic N) is 2. The third-order valence-corrected chi connectivity index (χ3v) is 6.15. The molecule has 8 nitrogen and oxygen atoms in total.